The van der Waals surface area contributed by atoms with Crippen molar-refractivity contribution in [1.82, 2.24) is 20.6 Å². The van der Waals surface area contributed by atoms with E-state index in [0.717, 1.165) is 17.5 Å². The van der Waals surface area contributed by atoms with E-state index >= 15 is 0 Å². The van der Waals surface area contributed by atoms with Gasteiger partial charge in [0.05, 0.1) is 5.92 Å². The Kier molecular flexibility index (Phi) is 5.24. The third-order valence-corrected chi connectivity index (χ3v) is 6.60. The molecule has 8 heteroatoms. The van der Waals surface area contributed by atoms with Crippen LogP contribution in [0.2, 0.25) is 0 Å². The van der Waals surface area contributed by atoms with E-state index in [9.17, 15) is 14.8 Å². The molecule has 3 N–H and O–H groups in total. The van der Waals surface area contributed by atoms with Crippen LogP contribution in [0, 0.1) is 0 Å². The number of hydrogen-bond donors (Lipinski definition) is 3. The number of nitrogens with zero attached hydrogens (tertiary/aromatic N) is 3. The number of allylic oxidation sites excluding steroid dienone is 1. The van der Waals surface area contributed by atoms with E-state index < -0.39 is 11.7 Å². The quantitative estimate of drug-likeness (QED) is 0.492. The second-order valence-corrected chi connectivity index (χ2v) is 8.34. The van der Waals surface area contributed by atoms with Gasteiger partial charge in [0, 0.05) is 37.6 Å². The molecule has 0 aliphatic carbocycles. The number of hydrogen-bond acceptors (Lipinski definition) is 6. The van der Waals surface area contributed by atoms with Gasteiger partial charge in [-0.05, 0) is 23.6 Å². The number of hydroxylamine groups is 1. The Hall–Kier alpha value is -3.49. The van der Waals surface area contributed by atoms with Crippen molar-refractivity contribution in [2.24, 2.45) is 4.99 Å². The maximum Gasteiger partial charge on any atom is 0.308 e. The number of carbonyl (C=O) groups is 2. The Morgan fingerprint density at radius 3 is 2.19 bits per heavy atom. The van der Waals surface area contributed by atoms with E-state index in [1.807, 2.05) is 70.5 Å². The highest BCUT2D eigenvalue weighted by Crippen LogP contribution is 2.39. The highest BCUT2D eigenvalue weighted by Gasteiger charge is 2.56. The third kappa shape index (κ3) is 3.28. The minimum atomic E-state index is -1.41. The van der Waals surface area contributed by atoms with Crippen molar-refractivity contribution in [3.05, 3.63) is 84.1 Å². The van der Waals surface area contributed by atoms with E-state index in [2.05, 4.69) is 10.3 Å². The molecule has 2 amide bonds. The minimum Gasteiger partial charge on any atom is -0.347 e. The molecule has 2 saturated heterocycles. The average molecular weight is 431 g/mol. The Bertz CT molecular complexity index is 1020. The van der Waals surface area contributed by atoms with Gasteiger partial charge in [-0.25, -0.2) is 15.4 Å². The lowest BCUT2D eigenvalue weighted by Gasteiger charge is -2.44. The van der Waals surface area contributed by atoms with Crippen molar-refractivity contribution in [3.8, 4) is 0 Å². The molecule has 3 aliphatic heterocycles. The van der Waals surface area contributed by atoms with Crippen LogP contribution in [0.3, 0.4) is 0 Å². The molecule has 0 saturated carbocycles. The summed E-state index contributed by atoms with van der Waals surface area (Å²) in [5, 5.41) is 12.3. The zero-order valence-electron chi connectivity index (χ0n) is 17.5. The number of aliphatic imine (C=N–C) groups is 1. The summed E-state index contributed by atoms with van der Waals surface area (Å²) >= 11 is 0. The molecule has 2 bridgehead atoms. The zero-order chi connectivity index (χ0) is 22.1. The van der Waals surface area contributed by atoms with Crippen molar-refractivity contribution in [2.45, 2.75) is 30.2 Å². The van der Waals surface area contributed by atoms with Crippen molar-refractivity contribution < 1.29 is 14.8 Å². The van der Waals surface area contributed by atoms with Gasteiger partial charge in [0.2, 0.25) is 5.91 Å². The number of amides is 2. The number of likely N-dealkylation sites (tertiary alicyclic amines) is 2. The molecule has 5 rings (SSSR count). The first-order chi connectivity index (χ1) is 15.6. The number of piperazine rings is 1. The first kappa shape index (κ1) is 20.4. The first-order valence-electron chi connectivity index (χ1n) is 10.7. The predicted octanol–water partition coefficient (Wildman–Crippen LogP) is 1.45. The fourth-order valence-corrected chi connectivity index (χ4v) is 5.15. The summed E-state index contributed by atoms with van der Waals surface area (Å²) in [6.07, 6.45) is 5.63. The van der Waals surface area contributed by atoms with Crippen LogP contribution in [-0.4, -0.2) is 64.0 Å². The maximum absolute atomic E-state index is 13.8. The Labute approximate surface area is 186 Å². The van der Waals surface area contributed by atoms with Gasteiger partial charge in [-0.2, -0.15) is 0 Å². The predicted molar refractivity (Wildman–Crippen MR) is 119 cm³/mol. The molecule has 0 spiro atoms. The lowest BCUT2D eigenvalue weighted by Crippen LogP contribution is -2.69. The van der Waals surface area contributed by atoms with Crippen LogP contribution in [0.15, 0.2) is 77.9 Å². The van der Waals surface area contributed by atoms with Gasteiger partial charge in [-0.3, -0.25) is 14.8 Å². The summed E-state index contributed by atoms with van der Waals surface area (Å²) in [5.41, 5.74) is 3.66. The van der Waals surface area contributed by atoms with Crippen molar-refractivity contribution in [3.63, 3.8) is 0 Å². The molecular formula is C24H25N5O3. The first-order valence-corrected chi connectivity index (χ1v) is 10.7. The number of nitrogens with one attached hydrogen (secondary N) is 2. The zero-order valence-corrected chi connectivity index (χ0v) is 17.5. The fraction of sp³-hybridized carbons (Fsp3) is 0.292. The smallest absolute Gasteiger partial charge is 0.308 e. The average Bonchev–Trinajstić information content (AvgIpc) is 3.47. The Morgan fingerprint density at radius 1 is 1.03 bits per heavy atom. The molecule has 0 radical (unpaired) electrons. The molecule has 164 valence electrons. The van der Waals surface area contributed by atoms with E-state index in [0.29, 0.717) is 13.1 Å². The number of rotatable bonds is 5. The summed E-state index contributed by atoms with van der Waals surface area (Å²) in [6, 6.07) is 19.6. The second kappa shape index (κ2) is 8.22. The summed E-state index contributed by atoms with van der Waals surface area (Å²) in [4.78, 5) is 34.6. The van der Waals surface area contributed by atoms with Crippen molar-refractivity contribution in [2.75, 3.05) is 13.1 Å². The normalized spacial score (nSPS) is 26.4. The molecule has 32 heavy (non-hydrogen) atoms. The minimum absolute atomic E-state index is 0.0336. The second-order valence-electron chi connectivity index (χ2n) is 8.34. The summed E-state index contributed by atoms with van der Waals surface area (Å²) in [5.74, 6) is -2.37. The summed E-state index contributed by atoms with van der Waals surface area (Å²) in [6.45, 7) is 0.985. The lowest BCUT2D eigenvalue weighted by molar-refractivity contribution is -0.147. The SMILES string of the molecule is O=C(C(c1ccccc1)c1ccccc1)N1C[C@@H]2C[C@H]1CN2C1(C(=O)NO)N=CC=CN1. The van der Waals surface area contributed by atoms with Gasteiger partial charge in [-0.15, -0.1) is 0 Å². The molecule has 2 aromatic carbocycles. The van der Waals surface area contributed by atoms with Crippen LogP contribution in [-0.2, 0) is 9.59 Å². The highest BCUT2D eigenvalue weighted by atomic mass is 16.5. The molecule has 2 aromatic rings. The van der Waals surface area contributed by atoms with Crippen LogP contribution >= 0.6 is 0 Å². The van der Waals surface area contributed by atoms with Crippen LogP contribution in [0.4, 0.5) is 0 Å². The lowest BCUT2D eigenvalue weighted by atomic mass is 9.89. The maximum atomic E-state index is 13.8. The largest absolute Gasteiger partial charge is 0.347 e. The fourth-order valence-electron chi connectivity index (χ4n) is 5.15. The molecule has 8 nitrogen and oxygen atoms in total. The number of carbonyl (C=O) groups excluding carboxylic acids is 2. The van der Waals surface area contributed by atoms with Crippen LogP contribution in [0.1, 0.15) is 23.5 Å². The molecule has 3 heterocycles. The van der Waals surface area contributed by atoms with Crippen molar-refractivity contribution in [1.29, 1.82) is 0 Å². The van der Waals surface area contributed by atoms with E-state index in [1.165, 1.54) is 0 Å². The Balaban J connectivity index is 1.41. The standard InChI is InChI=1S/C24H25N5O3/c30-22(21(17-8-3-1-4-9-17)18-10-5-2-6-11-18)28-15-20-14-19(28)16-29(20)24(23(31)27-32)25-12-7-13-26-24/h1-13,19-21,25,32H,14-16H2,(H,27,31)/t19-,20-,24?/m0/s1. The van der Waals surface area contributed by atoms with Gasteiger partial charge in [-0.1, -0.05) is 60.7 Å². The third-order valence-electron chi connectivity index (χ3n) is 6.60. The summed E-state index contributed by atoms with van der Waals surface area (Å²) in [7, 11) is 0. The molecule has 1 unspecified atom stereocenters. The molecule has 2 fully saturated rings. The van der Waals surface area contributed by atoms with Crippen LogP contribution in [0.25, 0.3) is 0 Å². The van der Waals surface area contributed by atoms with Gasteiger partial charge in [0.25, 0.3) is 5.79 Å². The van der Waals surface area contributed by atoms with Crippen LogP contribution in [0.5, 0.6) is 0 Å². The topological polar surface area (TPSA) is 97.3 Å². The molecular weight excluding hydrogens is 406 g/mol. The van der Waals surface area contributed by atoms with E-state index in [-0.39, 0.29) is 23.9 Å². The summed E-state index contributed by atoms with van der Waals surface area (Å²) < 4.78 is 0. The number of fused-ring (bicyclic) bond motifs is 2. The highest BCUT2D eigenvalue weighted by molar-refractivity contribution is 5.90. The number of benzene rings is 2. The van der Waals surface area contributed by atoms with Gasteiger partial charge in [0.15, 0.2) is 0 Å². The van der Waals surface area contributed by atoms with Gasteiger partial charge < -0.3 is 10.2 Å². The van der Waals surface area contributed by atoms with Gasteiger partial charge in [0.1, 0.15) is 0 Å². The van der Waals surface area contributed by atoms with Crippen LogP contribution < -0.4 is 10.8 Å². The Morgan fingerprint density at radius 2 is 1.69 bits per heavy atom. The monoisotopic (exact) mass is 431 g/mol. The van der Waals surface area contributed by atoms with E-state index in [1.54, 1.807) is 24.0 Å². The molecule has 0 aromatic heterocycles. The van der Waals surface area contributed by atoms with Gasteiger partial charge >= 0.3 is 5.91 Å². The van der Waals surface area contributed by atoms with E-state index in [4.69, 9.17) is 0 Å². The van der Waals surface area contributed by atoms with Crippen molar-refractivity contribution >= 4 is 18.0 Å². The molecule has 3 aliphatic rings. The molecule has 3 atom stereocenters.